The number of carbonyl (C=O) groups is 4. The Bertz CT molecular complexity index is 1520. The standard InChI is InChI=1S/C47H76N2O6/c1-30(2)39-34(50)28-47(24-25-49(27-26-48(9)10)41(52)31-14-12-11-13-15-31)23-18-33-32(40(39)47)16-17-36-45(33,7)21-19-35-44(5,6)37(20-22-46(35,36)8)55-38(51)29-43(3,4)42(53)54/h30-33,35-37H,11-29H2,1-10H3,(H,53,54). The molecule has 0 aromatic carbocycles. The van der Waals surface area contributed by atoms with Crippen molar-refractivity contribution in [1.82, 2.24) is 9.80 Å². The highest BCUT2D eigenvalue weighted by Gasteiger charge is 2.66. The molecule has 0 aromatic rings. The highest BCUT2D eigenvalue weighted by atomic mass is 16.5. The number of nitrogens with zero attached hydrogens (tertiary/aromatic N) is 2. The molecule has 55 heavy (non-hydrogen) atoms. The topological polar surface area (TPSA) is 104 Å². The third-order valence-electron chi connectivity index (χ3n) is 17.1. The summed E-state index contributed by atoms with van der Waals surface area (Å²) in [6.45, 7) is 19.7. The number of hydrogen-bond acceptors (Lipinski definition) is 6. The van der Waals surface area contributed by atoms with E-state index in [9.17, 15) is 24.3 Å². The number of amides is 1. The number of ketones is 1. The van der Waals surface area contributed by atoms with Crippen LogP contribution in [-0.4, -0.2) is 78.4 Å². The predicted octanol–water partition coefficient (Wildman–Crippen LogP) is 9.35. The van der Waals surface area contributed by atoms with Crippen LogP contribution in [0.3, 0.4) is 0 Å². The van der Waals surface area contributed by atoms with E-state index in [0.717, 1.165) is 109 Å². The van der Waals surface area contributed by atoms with Gasteiger partial charge in [-0.2, -0.15) is 0 Å². The number of likely N-dealkylation sites (N-methyl/N-ethyl adjacent to an activating group) is 1. The van der Waals surface area contributed by atoms with Gasteiger partial charge in [0.05, 0.1) is 11.8 Å². The van der Waals surface area contributed by atoms with E-state index in [2.05, 4.69) is 65.4 Å². The molecule has 5 saturated carbocycles. The van der Waals surface area contributed by atoms with Gasteiger partial charge >= 0.3 is 11.9 Å². The smallest absolute Gasteiger partial charge is 0.309 e. The Morgan fingerprint density at radius 2 is 1.51 bits per heavy atom. The second-order valence-electron chi connectivity index (χ2n) is 21.8. The number of Topliss-reactive ketones (excluding diaryl/α,β-unsaturated/α-hetero) is 1. The summed E-state index contributed by atoms with van der Waals surface area (Å²) in [4.78, 5) is 57.5. The number of carboxylic acid groups (broad SMARTS) is 1. The Hall–Kier alpha value is -2.22. The molecule has 0 aromatic heterocycles. The SMILES string of the molecule is CC(C)C1=C2C3CCC4C(C)(CCC5C(C)(C)C(OC(=O)CC(C)(C)C(=O)O)CCC54C)C3CCC2(CCN(CCN(C)C)C(=O)C2CCCCC2)CC1=O. The lowest BCUT2D eigenvalue weighted by Crippen LogP contribution is -2.63. The van der Waals surface area contributed by atoms with Gasteiger partial charge in [-0.25, -0.2) is 0 Å². The van der Waals surface area contributed by atoms with Crippen LogP contribution in [0.1, 0.15) is 158 Å². The molecule has 0 bridgehead atoms. The highest BCUT2D eigenvalue weighted by molar-refractivity contribution is 6.00. The summed E-state index contributed by atoms with van der Waals surface area (Å²) in [7, 11) is 4.18. The third-order valence-corrected chi connectivity index (χ3v) is 17.1. The van der Waals surface area contributed by atoms with E-state index in [1.54, 1.807) is 13.8 Å². The fourth-order valence-electron chi connectivity index (χ4n) is 14.2. The summed E-state index contributed by atoms with van der Waals surface area (Å²) in [6, 6.07) is 0. The maximum Gasteiger partial charge on any atom is 0.309 e. The molecule has 6 aliphatic carbocycles. The van der Waals surface area contributed by atoms with Gasteiger partial charge in [0.25, 0.3) is 0 Å². The fraction of sp³-hybridized carbons (Fsp3) is 0.872. The molecular formula is C47H76N2O6. The first-order valence-electron chi connectivity index (χ1n) is 22.3. The van der Waals surface area contributed by atoms with Crippen molar-refractivity contribution in [2.75, 3.05) is 33.7 Å². The molecule has 6 rings (SSSR count). The number of hydrogen-bond donors (Lipinski definition) is 1. The van der Waals surface area contributed by atoms with Gasteiger partial charge in [-0.3, -0.25) is 19.2 Å². The summed E-state index contributed by atoms with van der Waals surface area (Å²) in [6.07, 6.45) is 15.3. The van der Waals surface area contributed by atoms with Gasteiger partial charge in [-0.1, -0.05) is 66.4 Å². The average molecular weight is 765 g/mol. The van der Waals surface area contributed by atoms with Gasteiger partial charge in [-0.05, 0) is 145 Å². The van der Waals surface area contributed by atoms with Crippen molar-refractivity contribution in [3.05, 3.63) is 11.1 Å². The van der Waals surface area contributed by atoms with Crippen LogP contribution in [0.5, 0.6) is 0 Å². The molecule has 0 aliphatic heterocycles. The van der Waals surface area contributed by atoms with Gasteiger partial charge < -0.3 is 19.6 Å². The van der Waals surface area contributed by atoms with Crippen molar-refractivity contribution in [2.24, 2.45) is 62.6 Å². The Balaban J connectivity index is 1.23. The Kier molecular flexibility index (Phi) is 12.0. The fourth-order valence-corrected chi connectivity index (χ4v) is 14.2. The molecule has 8 atom stereocenters. The summed E-state index contributed by atoms with van der Waals surface area (Å²) in [5, 5.41) is 9.63. The summed E-state index contributed by atoms with van der Waals surface area (Å²) < 4.78 is 6.18. The van der Waals surface area contributed by atoms with Crippen LogP contribution >= 0.6 is 0 Å². The number of rotatable bonds is 12. The van der Waals surface area contributed by atoms with E-state index in [-0.39, 0.29) is 46.0 Å². The van der Waals surface area contributed by atoms with Gasteiger partial charge in [0.2, 0.25) is 5.91 Å². The largest absolute Gasteiger partial charge is 0.481 e. The molecule has 8 unspecified atom stereocenters. The first kappa shape index (κ1) is 42.4. The van der Waals surface area contributed by atoms with Gasteiger partial charge in [0.1, 0.15) is 6.10 Å². The Morgan fingerprint density at radius 3 is 2.15 bits per heavy atom. The molecule has 6 aliphatic rings. The van der Waals surface area contributed by atoms with Crippen molar-refractivity contribution in [1.29, 1.82) is 0 Å². The molecule has 8 nitrogen and oxygen atoms in total. The van der Waals surface area contributed by atoms with Crippen LogP contribution in [0, 0.1) is 62.6 Å². The van der Waals surface area contributed by atoms with E-state index in [0.29, 0.717) is 41.8 Å². The van der Waals surface area contributed by atoms with E-state index >= 15 is 0 Å². The van der Waals surface area contributed by atoms with Gasteiger partial charge in [0, 0.05) is 42.8 Å². The molecule has 5 fully saturated rings. The zero-order valence-corrected chi connectivity index (χ0v) is 36.4. The number of aliphatic carboxylic acids is 1. The Labute approximate surface area is 333 Å². The van der Waals surface area contributed by atoms with E-state index in [1.807, 2.05) is 0 Å². The zero-order chi connectivity index (χ0) is 40.3. The van der Waals surface area contributed by atoms with Crippen LogP contribution < -0.4 is 0 Å². The van der Waals surface area contributed by atoms with Crippen LogP contribution in [0.4, 0.5) is 0 Å². The van der Waals surface area contributed by atoms with Crippen LogP contribution in [0.2, 0.25) is 0 Å². The lowest BCUT2D eigenvalue weighted by atomic mass is 9.36. The van der Waals surface area contributed by atoms with Crippen LogP contribution in [0.25, 0.3) is 0 Å². The highest BCUT2D eigenvalue weighted by Crippen LogP contribution is 2.73. The molecule has 0 spiro atoms. The van der Waals surface area contributed by atoms with Crippen molar-refractivity contribution < 1.29 is 29.0 Å². The molecular weight excluding hydrogens is 689 g/mol. The number of ether oxygens (including phenoxy) is 1. The Morgan fingerprint density at radius 1 is 0.836 bits per heavy atom. The number of esters is 1. The first-order valence-corrected chi connectivity index (χ1v) is 22.3. The molecule has 0 saturated heterocycles. The molecule has 1 amide bonds. The normalized spacial score (nSPS) is 36.2. The second kappa shape index (κ2) is 15.5. The monoisotopic (exact) mass is 765 g/mol. The maximum atomic E-state index is 14.2. The first-order chi connectivity index (χ1) is 25.7. The minimum atomic E-state index is -1.15. The predicted molar refractivity (Wildman–Crippen MR) is 217 cm³/mol. The average Bonchev–Trinajstić information content (AvgIpc) is 3.41. The quantitative estimate of drug-likeness (QED) is 0.198. The second-order valence-corrected chi connectivity index (χ2v) is 21.8. The minimum absolute atomic E-state index is 0.117. The number of fused-ring (bicyclic) bond motifs is 7. The molecule has 0 radical (unpaired) electrons. The van der Waals surface area contributed by atoms with Crippen molar-refractivity contribution in [3.63, 3.8) is 0 Å². The number of allylic oxidation sites excluding steroid dienone is 2. The zero-order valence-electron chi connectivity index (χ0n) is 36.4. The van der Waals surface area contributed by atoms with Crippen molar-refractivity contribution >= 4 is 23.6 Å². The minimum Gasteiger partial charge on any atom is -0.481 e. The third kappa shape index (κ3) is 7.62. The van der Waals surface area contributed by atoms with Crippen LogP contribution in [0.15, 0.2) is 11.1 Å². The molecule has 0 heterocycles. The van der Waals surface area contributed by atoms with E-state index in [4.69, 9.17) is 4.74 Å². The van der Waals surface area contributed by atoms with Crippen molar-refractivity contribution in [2.45, 2.75) is 164 Å². The summed E-state index contributed by atoms with van der Waals surface area (Å²) >= 11 is 0. The van der Waals surface area contributed by atoms with Gasteiger partial charge in [-0.15, -0.1) is 0 Å². The lowest BCUT2D eigenvalue weighted by Gasteiger charge is -2.69. The van der Waals surface area contributed by atoms with Gasteiger partial charge in [0.15, 0.2) is 5.78 Å². The molecule has 310 valence electrons. The number of carbonyl (C=O) groups excluding carboxylic acids is 3. The molecule has 8 heteroatoms. The number of carboxylic acids is 1. The van der Waals surface area contributed by atoms with E-state index in [1.165, 1.54) is 12.0 Å². The maximum absolute atomic E-state index is 14.2. The summed E-state index contributed by atoms with van der Waals surface area (Å²) in [5.74, 6) is 1.62. The van der Waals surface area contributed by atoms with Crippen molar-refractivity contribution in [3.8, 4) is 0 Å². The lowest BCUT2D eigenvalue weighted by molar-refractivity contribution is -0.214. The molecule has 1 N–H and O–H groups in total. The van der Waals surface area contributed by atoms with E-state index < -0.39 is 17.4 Å². The summed E-state index contributed by atoms with van der Waals surface area (Å²) in [5.41, 5.74) is 1.42. The van der Waals surface area contributed by atoms with Crippen LogP contribution in [-0.2, 0) is 23.9 Å².